The van der Waals surface area contributed by atoms with Crippen LogP contribution in [0.4, 0.5) is 4.79 Å². The number of ether oxygens (including phenoxy) is 1. The van der Waals surface area contributed by atoms with E-state index < -0.39 is 23.8 Å². The highest BCUT2D eigenvalue weighted by molar-refractivity contribution is 5.92. The minimum Gasteiger partial charge on any atom is -0.444 e. The molecular formula is C30H51N3O4. The molecule has 0 saturated carbocycles. The van der Waals surface area contributed by atoms with Gasteiger partial charge in [-0.25, -0.2) is 4.79 Å². The summed E-state index contributed by atoms with van der Waals surface area (Å²) in [6, 6.07) is 6.31. The van der Waals surface area contributed by atoms with Crippen molar-refractivity contribution in [2.24, 2.45) is 5.92 Å². The van der Waals surface area contributed by atoms with E-state index in [1.165, 1.54) is 0 Å². The molecule has 3 unspecified atom stereocenters. The van der Waals surface area contributed by atoms with Gasteiger partial charge in [-0.3, -0.25) is 9.59 Å². The average Bonchev–Trinajstić information content (AvgIpc) is 2.79. The second kappa shape index (κ2) is 15.6. The zero-order chi connectivity index (χ0) is 28.2. The number of benzene rings is 1. The molecule has 0 aromatic heterocycles. The van der Waals surface area contributed by atoms with Crippen LogP contribution < -0.4 is 10.6 Å². The van der Waals surface area contributed by atoms with Gasteiger partial charge in [0.25, 0.3) is 0 Å². The molecule has 210 valence electrons. The Kier molecular flexibility index (Phi) is 13.7. The van der Waals surface area contributed by atoms with Crippen molar-refractivity contribution in [2.45, 2.75) is 125 Å². The summed E-state index contributed by atoms with van der Waals surface area (Å²) in [4.78, 5) is 42.2. The highest BCUT2D eigenvalue weighted by atomic mass is 16.6. The van der Waals surface area contributed by atoms with Gasteiger partial charge in [-0.05, 0) is 70.4 Å². The Hall–Kier alpha value is -2.57. The topological polar surface area (TPSA) is 87.7 Å². The van der Waals surface area contributed by atoms with E-state index in [1.807, 2.05) is 45.0 Å². The third-order valence-electron chi connectivity index (χ3n) is 6.11. The van der Waals surface area contributed by atoms with Gasteiger partial charge < -0.3 is 20.3 Å². The zero-order valence-electron chi connectivity index (χ0n) is 24.6. The highest BCUT2D eigenvalue weighted by Crippen LogP contribution is 2.25. The van der Waals surface area contributed by atoms with E-state index in [-0.39, 0.29) is 23.8 Å². The van der Waals surface area contributed by atoms with Gasteiger partial charge in [-0.15, -0.1) is 0 Å². The van der Waals surface area contributed by atoms with Crippen LogP contribution in [-0.4, -0.2) is 47.0 Å². The molecule has 0 radical (unpaired) electrons. The summed E-state index contributed by atoms with van der Waals surface area (Å²) in [5, 5.41) is 5.93. The van der Waals surface area contributed by atoms with Gasteiger partial charge in [0.05, 0.1) is 0 Å². The first kappa shape index (κ1) is 32.5. The van der Waals surface area contributed by atoms with E-state index >= 15 is 0 Å². The maximum Gasteiger partial charge on any atom is 0.408 e. The van der Waals surface area contributed by atoms with E-state index in [1.54, 1.807) is 25.7 Å². The van der Waals surface area contributed by atoms with Crippen LogP contribution in [0.2, 0.25) is 0 Å². The largest absolute Gasteiger partial charge is 0.444 e. The number of unbranched alkanes of at least 4 members (excludes halogenated alkanes) is 1. The Balaban J connectivity index is 3.48. The maximum absolute atomic E-state index is 14.1. The molecule has 0 spiro atoms. The van der Waals surface area contributed by atoms with E-state index in [0.29, 0.717) is 13.0 Å². The third kappa shape index (κ3) is 11.6. The van der Waals surface area contributed by atoms with Gasteiger partial charge >= 0.3 is 6.09 Å². The Labute approximate surface area is 225 Å². The minimum atomic E-state index is -0.801. The molecule has 0 aliphatic heterocycles. The van der Waals surface area contributed by atoms with Crippen LogP contribution in [0.5, 0.6) is 0 Å². The normalized spacial score (nSPS) is 14.0. The molecule has 3 amide bonds. The number of rotatable bonds is 14. The predicted molar refractivity (Wildman–Crippen MR) is 150 cm³/mol. The van der Waals surface area contributed by atoms with E-state index in [9.17, 15) is 14.4 Å². The van der Waals surface area contributed by atoms with Crippen molar-refractivity contribution in [3.05, 3.63) is 35.4 Å². The molecule has 1 aromatic carbocycles. The van der Waals surface area contributed by atoms with Crippen molar-refractivity contribution in [1.29, 1.82) is 0 Å². The second-order valence-electron chi connectivity index (χ2n) is 11.4. The molecule has 7 heteroatoms. The lowest BCUT2D eigenvalue weighted by Gasteiger charge is -2.35. The van der Waals surface area contributed by atoms with Crippen molar-refractivity contribution in [2.75, 3.05) is 6.54 Å². The van der Waals surface area contributed by atoms with Crippen molar-refractivity contribution in [3.8, 4) is 0 Å². The molecule has 7 nitrogen and oxygen atoms in total. The minimum absolute atomic E-state index is 0.00982. The Morgan fingerprint density at radius 1 is 0.946 bits per heavy atom. The summed E-state index contributed by atoms with van der Waals surface area (Å²) in [5.74, 6) is -0.316. The SMILES string of the molecule is CCCCN(C(=O)C(CC(C)C)NC(=O)OC(C)(C)C)C(C(=O)NC(C)CCC)c1ccc(CC)cc1. The van der Waals surface area contributed by atoms with Crippen LogP contribution in [0, 0.1) is 5.92 Å². The number of alkyl carbamates (subject to hydrolysis) is 1. The van der Waals surface area contributed by atoms with Gasteiger partial charge in [-0.1, -0.05) is 71.7 Å². The molecule has 1 aromatic rings. The summed E-state index contributed by atoms with van der Waals surface area (Å²) in [6.45, 7) is 18.0. The lowest BCUT2D eigenvalue weighted by molar-refractivity contribution is -0.143. The first-order chi connectivity index (χ1) is 17.3. The predicted octanol–water partition coefficient (Wildman–Crippen LogP) is 6.16. The molecule has 2 N–H and O–H groups in total. The fourth-order valence-electron chi connectivity index (χ4n) is 4.27. The molecule has 37 heavy (non-hydrogen) atoms. The number of aryl methyl sites for hydroxylation is 1. The summed E-state index contributed by atoms with van der Waals surface area (Å²) >= 11 is 0. The summed E-state index contributed by atoms with van der Waals surface area (Å²) in [5.41, 5.74) is 1.25. The number of amides is 3. The number of hydrogen-bond acceptors (Lipinski definition) is 4. The van der Waals surface area contributed by atoms with E-state index in [4.69, 9.17) is 4.74 Å². The quantitative estimate of drug-likeness (QED) is 0.309. The number of carbonyl (C=O) groups excluding carboxylic acids is 3. The molecule has 0 aliphatic rings. The Morgan fingerprint density at radius 3 is 2.05 bits per heavy atom. The third-order valence-corrected chi connectivity index (χ3v) is 6.11. The molecule has 0 heterocycles. The Morgan fingerprint density at radius 2 is 1.57 bits per heavy atom. The lowest BCUT2D eigenvalue weighted by Crippen LogP contribution is -2.54. The lowest BCUT2D eigenvalue weighted by atomic mass is 9.97. The smallest absolute Gasteiger partial charge is 0.408 e. The standard InChI is InChI=1S/C30H51N3O4/c1-10-13-19-33(28(35)25(20-21(4)5)32-29(36)37-30(7,8)9)26(27(34)31-22(6)14-11-2)24-17-15-23(12-3)16-18-24/h15-18,21-22,25-26H,10-14,19-20H2,1-9H3,(H,31,34)(H,32,36). The van der Waals surface area contributed by atoms with Gasteiger partial charge in [0.15, 0.2) is 0 Å². The molecule has 3 atom stereocenters. The van der Waals surface area contributed by atoms with Crippen LogP contribution in [0.25, 0.3) is 0 Å². The summed E-state index contributed by atoms with van der Waals surface area (Å²) in [6.07, 6.45) is 4.11. The van der Waals surface area contributed by atoms with Crippen LogP contribution in [0.1, 0.15) is 112 Å². The Bertz CT molecular complexity index is 845. The van der Waals surface area contributed by atoms with E-state index in [2.05, 4.69) is 31.4 Å². The van der Waals surface area contributed by atoms with Crippen molar-refractivity contribution in [3.63, 3.8) is 0 Å². The van der Waals surface area contributed by atoms with Crippen LogP contribution >= 0.6 is 0 Å². The van der Waals surface area contributed by atoms with Crippen molar-refractivity contribution < 1.29 is 19.1 Å². The van der Waals surface area contributed by atoms with Gasteiger partial charge in [0, 0.05) is 12.6 Å². The summed E-state index contributed by atoms with van der Waals surface area (Å²) < 4.78 is 5.46. The van der Waals surface area contributed by atoms with E-state index in [0.717, 1.165) is 43.2 Å². The molecule has 0 bridgehead atoms. The van der Waals surface area contributed by atoms with Crippen LogP contribution in [0.15, 0.2) is 24.3 Å². The monoisotopic (exact) mass is 517 g/mol. The molecular weight excluding hydrogens is 466 g/mol. The fourth-order valence-corrected chi connectivity index (χ4v) is 4.27. The zero-order valence-corrected chi connectivity index (χ0v) is 24.6. The number of nitrogens with zero attached hydrogens (tertiary/aromatic N) is 1. The van der Waals surface area contributed by atoms with Gasteiger partial charge in [0.1, 0.15) is 17.7 Å². The average molecular weight is 518 g/mol. The summed E-state index contributed by atoms with van der Waals surface area (Å²) in [7, 11) is 0. The van der Waals surface area contributed by atoms with Crippen molar-refractivity contribution >= 4 is 17.9 Å². The van der Waals surface area contributed by atoms with Crippen LogP contribution in [0.3, 0.4) is 0 Å². The van der Waals surface area contributed by atoms with Gasteiger partial charge in [0.2, 0.25) is 11.8 Å². The molecule has 1 rings (SSSR count). The first-order valence-electron chi connectivity index (χ1n) is 14.0. The van der Waals surface area contributed by atoms with Crippen LogP contribution in [-0.2, 0) is 20.7 Å². The highest BCUT2D eigenvalue weighted by Gasteiger charge is 2.36. The molecule has 0 aliphatic carbocycles. The fraction of sp³-hybridized carbons (Fsp3) is 0.700. The number of carbonyl (C=O) groups is 3. The number of hydrogen-bond donors (Lipinski definition) is 2. The second-order valence-corrected chi connectivity index (χ2v) is 11.4. The van der Waals surface area contributed by atoms with Crippen molar-refractivity contribution in [1.82, 2.24) is 15.5 Å². The molecule has 0 fully saturated rings. The molecule has 0 saturated heterocycles. The maximum atomic E-state index is 14.1. The number of nitrogens with one attached hydrogen (secondary N) is 2. The first-order valence-corrected chi connectivity index (χ1v) is 14.0. The van der Waals surface area contributed by atoms with Gasteiger partial charge in [-0.2, -0.15) is 0 Å².